The minimum Gasteiger partial charge on any atom is -0.398 e. The monoisotopic (exact) mass is 304 g/mol. The molecule has 1 heterocycles. The highest BCUT2D eigenvalue weighted by Gasteiger charge is 2.28. The van der Waals surface area contributed by atoms with E-state index in [1.165, 1.54) is 0 Å². The minimum absolute atomic E-state index is 0.0283. The molecule has 0 saturated carbocycles. The van der Waals surface area contributed by atoms with Crippen molar-refractivity contribution in [1.82, 2.24) is 5.32 Å². The third-order valence-corrected chi connectivity index (χ3v) is 5.05. The normalized spacial score (nSPS) is 20.8. The van der Waals surface area contributed by atoms with Gasteiger partial charge in [-0.2, -0.15) is 0 Å². The van der Waals surface area contributed by atoms with Gasteiger partial charge in [-0.1, -0.05) is 0 Å². The summed E-state index contributed by atoms with van der Waals surface area (Å²) in [4.78, 5) is 11.8. The zero-order chi connectivity index (χ0) is 14.9. The number of hydrogen-bond donors (Lipinski definition) is 2. The third-order valence-electron chi connectivity index (χ3n) is 3.22. The molecule has 1 aromatic carbocycles. The number of carbonyl (C=O) groups excluding carboxylic acids is 1. The number of rotatable bonds is 3. The second-order valence-electron chi connectivity index (χ2n) is 4.83. The molecule has 1 unspecified atom stereocenters. The van der Waals surface area contributed by atoms with Crippen molar-refractivity contribution in [3.8, 4) is 0 Å². The van der Waals surface area contributed by atoms with Crippen LogP contribution in [0, 0.1) is 17.6 Å². The molecule has 1 aromatic rings. The number of carbonyl (C=O) groups is 1. The zero-order valence-electron chi connectivity index (χ0n) is 10.5. The molecule has 1 atom stereocenters. The SMILES string of the molecule is Nc1cc(F)c(F)cc1C(=O)NCC1CCS(=O)(=O)C1. The Morgan fingerprint density at radius 1 is 1.35 bits per heavy atom. The molecule has 0 bridgehead atoms. The largest absolute Gasteiger partial charge is 0.398 e. The fraction of sp³-hybridized carbons (Fsp3) is 0.417. The molecule has 2 rings (SSSR count). The summed E-state index contributed by atoms with van der Waals surface area (Å²) in [5.74, 6) is -2.95. The van der Waals surface area contributed by atoms with Crippen molar-refractivity contribution in [1.29, 1.82) is 0 Å². The van der Waals surface area contributed by atoms with E-state index in [4.69, 9.17) is 5.73 Å². The Kier molecular flexibility index (Phi) is 3.94. The van der Waals surface area contributed by atoms with E-state index in [0.717, 1.165) is 12.1 Å². The molecule has 3 N–H and O–H groups in total. The van der Waals surface area contributed by atoms with Gasteiger partial charge in [0.15, 0.2) is 21.5 Å². The first-order valence-electron chi connectivity index (χ1n) is 6.01. The van der Waals surface area contributed by atoms with Crippen molar-refractivity contribution in [2.45, 2.75) is 6.42 Å². The molecule has 1 aliphatic heterocycles. The number of nitrogens with two attached hydrogens (primary N) is 1. The predicted octanol–water partition coefficient (Wildman–Crippen LogP) is 0.711. The summed E-state index contributed by atoms with van der Waals surface area (Å²) in [5.41, 5.74) is 5.13. The average Bonchev–Trinajstić information content (AvgIpc) is 2.70. The van der Waals surface area contributed by atoms with Crippen LogP contribution >= 0.6 is 0 Å². The summed E-state index contributed by atoms with van der Waals surface area (Å²) in [6.45, 7) is 0.163. The van der Waals surface area contributed by atoms with Crippen molar-refractivity contribution in [2.24, 2.45) is 5.92 Å². The Morgan fingerprint density at radius 3 is 2.60 bits per heavy atom. The van der Waals surface area contributed by atoms with Crippen molar-refractivity contribution < 1.29 is 22.0 Å². The molecule has 0 aliphatic carbocycles. The van der Waals surface area contributed by atoms with Crippen molar-refractivity contribution >= 4 is 21.4 Å². The number of benzene rings is 1. The van der Waals surface area contributed by atoms with Gasteiger partial charge in [0.2, 0.25) is 0 Å². The van der Waals surface area contributed by atoms with Crippen molar-refractivity contribution in [3.05, 3.63) is 29.3 Å². The summed E-state index contributed by atoms with van der Waals surface area (Å²) in [6.07, 6.45) is 0.482. The molecule has 1 fully saturated rings. The van der Waals surface area contributed by atoms with Crippen LogP contribution in [0.1, 0.15) is 16.8 Å². The van der Waals surface area contributed by atoms with Gasteiger partial charge in [0.05, 0.1) is 17.1 Å². The van der Waals surface area contributed by atoms with Gasteiger partial charge >= 0.3 is 0 Å². The smallest absolute Gasteiger partial charge is 0.253 e. The van der Waals surface area contributed by atoms with Gasteiger partial charge in [-0.15, -0.1) is 0 Å². The topological polar surface area (TPSA) is 89.3 Å². The quantitative estimate of drug-likeness (QED) is 0.805. The molecule has 1 amide bonds. The lowest BCUT2D eigenvalue weighted by Gasteiger charge is -2.11. The van der Waals surface area contributed by atoms with Crippen molar-refractivity contribution in [3.63, 3.8) is 0 Å². The van der Waals surface area contributed by atoms with Crippen LogP contribution in [0.3, 0.4) is 0 Å². The Hall–Kier alpha value is -1.70. The Morgan fingerprint density at radius 2 is 2.00 bits per heavy atom. The van der Waals surface area contributed by atoms with E-state index in [2.05, 4.69) is 5.32 Å². The minimum atomic E-state index is -3.01. The Balaban J connectivity index is 2.01. The lowest BCUT2D eigenvalue weighted by molar-refractivity contribution is 0.0949. The number of hydrogen-bond acceptors (Lipinski definition) is 4. The summed E-state index contributed by atoms with van der Waals surface area (Å²) in [6, 6.07) is 1.47. The molecule has 0 aromatic heterocycles. The van der Waals surface area contributed by atoms with Crippen LogP contribution in [0.5, 0.6) is 0 Å². The first-order chi connectivity index (χ1) is 9.28. The molecule has 110 valence electrons. The number of anilines is 1. The fourth-order valence-corrected chi connectivity index (χ4v) is 3.99. The molecular weight excluding hydrogens is 290 g/mol. The van der Waals surface area contributed by atoms with E-state index in [1.54, 1.807) is 0 Å². The van der Waals surface area contributed by atoms with Gasteiger partial charge < -0.3 is 11.1 Å². The highest BCUT2D eigenvalue weighted by Crippen LogP contribution is 2.19. The van der Waals surface area contributed by atoms with Crippen LogP contribution in [0.15, 0.2) is 12.1 Å². The van der Waals surface area contributed by atoms with E-state index in [9.17, 15) is 22.0 Å². The van der Waals surface area contributed by atoms with Crippen LogP contribution in [0.25, 0.3) is 0 Å². The third kappa shape index (κ3) is 3.24. The fourth-order valence-electron chi connectivity index (χ4n) is 2.12. The predicted molar refractivity (Wildman–Crippen MR) is 69.9 cm³/mol. The molecule has 20 heavy (non-hydrogen) atoms. The lowest BCUT2D eigenvalue weighted by atomic mass is 10.1. The number of sulfone groups is 1. The molecule has 5 nitrogen and oxygen atoms in total. The maximum Gasteiger partial charge on any atom is 0.253 e. The molecule has 0 radical (unpaired) electrons. The van der Waals surface area contributed by atoms with Gasteiger partial charge in [-0.3, -0.25) is 4.79 Å². The molecule has 1 saturated heterocycles. The van der Waals surface area contributed by atoms with Crippen LogP contribution in [0.2, 0.25) is 0 Å². The average molecular weight is 304 g/mol. The first kappa shape index (κ1) is 14.7. The Labute approximate surface area is 115 Å². The number of nitrogens with one attached hydrogen (secondary N) is 1. The van der Waals surface area contributed by atoms with E-state index < -0.39 is 27.4 Å². The van der Waals surface area contributed by atoms with Gasteiger partial charge in [-0.05, 0) is 18.4 Å². The van der Waals surface area contributed by atoms with Gasteiger partial charge in [-0.25, -0.2) is 17.2 Å². The maximum atomic E-state index is 13.1. The Bertz CT molecular complexity index is 646. The van der Waals surface area contributed by atoms with Gasteiger partial charge in [0, 0.05) is 18.3 Å². The van der Waals surface area contributed by atoms with E-state index in [0.29, 0.717) is 6.42 Å². The standard InChI is InChI=1S/C12H14F2N2O3S/c13-9-3-8(11(15)4-10(9)14)12(17)16-5-7-1-2-20(18,19)6-7/h3-4,7H,1-2,5-6,15H2,(H,16,17). The molecular formula is C12H14F2N2O3S. The van der Waals surface area contributed by atoms with Crippen molar-refractivity contribution in [2.75, 3.05) is 23.8 Å². The first-order valence-corrected chi connectivity index (χ1v) is 7.84. The van der Waals surface area contributed by atoms with E-state index in [-0.39, 0.29) is 35.2 Å². The molecule has 1 aliphatic rings. The van der Waals surface area contributed by atoms with Crippen LogP contribution in [-0.4, -0.2) is 32.4 Å². The number of nitrogen functional groups attached to an aromatic ring is 1. The van der Waals surface area contributed by atoms with E-state index in [1.807, 2.05) is 0 Å². The van der Waals surface area contributed by atoms with Crippen LogP contribution < -0.4 is 11.1 Å². The number of halogens is 2. The highest BCUT2D eigenvalue weighted by atomic mass is 32.2. The maximum absolute atomic E-state index is 13.1. The second-order valence-corrected chi connectivity index (χ2v) is 7.06. The van der Waals surface area contributed by atoms with Gasteiger partial charge in [0.25, 0.3) is 5.91 Å². The molecule has 8 heteroatoms. The lowest BCUT2D eigenvalue weighted by Crippen LogP contribution is -2.30. The summed E-state index contributed by atoms with van der Waals surface area (Å²) >= 11 is 0. The summed E-state index contributed by atoms with van der Waals surface area (Å²) < 4.78 is 48.5. The summed E-state index contributed by atoms with van der Waals surface area (Å²) in [5, 5.41) is 2.49. The second kappa shape index (κ2) is 5.35. The van der Waals surface area contributed by atoms with Crippen LogP contribution in [-0.2, 0) is 9.84 Å². The molecule has 0 spiro atoms. The zero-order valence-corrected chi connectivity index (χ0v) is 11.3. The summed E-state index contributed by atoms with van der Waals surface area (Å²) in [7, 11) is -3.01. The van der Waals surface area contributed by atoms with E-state index >= 15 is 0 Å². The number of amides is 1. The van der Waals surface area contributed by atoms with Crippen LogP contribution in [0.4, 0.5) is 14.5 Å². The van der Waals surface area contributed by atoms with Gasteiger partial charge in [0.1, 0.15) is 0 Å². The highest BCUT2D eigenvalue weighted by molar-refractivity contribution is 7.91.